The van der Waals surface area contributed by atoms with Crippen LogP contribution >= 0.6 is 0 Å². The van der Waals surface area contributed by atoms with Gasteiger partial charge in [-0.1, -0.05) is 32.3 Å². The maximum Gasteiger partial charge on any atom is 0.144 e. The summed E-state index contributed by atoms with van der Waals surface area (Å²) in [5, 5.41) is 15.4. The Bertz CT molecular complexity index is 277. The molecule has 0 spiro atoms. The fraction of sp³-hybridized carbons (Fsp3) is 0.929. The number of nitrogens with zero attached hydrogens (tertiary/aromatic N) is 1. The molecule has 1 saturated carbocycles. The average Bonchev–Trinajstić information content (AvgIpc) is 2.30. The van der Waals surface area contributed by atoms with Crippen molar-refractivity contribution in [3.8, 4) is 0 Å². The van der Waals surface area contributed by atoms with Crippen LogP contribution in [0, 0.1) is 10.8 Å². The van der Waals surface area contributed by atoms with Crippen LogP contribution in [0.15, 0.2) is 5.16 Å². The smallest absolute Gasteiger partial charge is 0.144 e. The SMILES string of the molecule is CCC1(CNCCCC(C)(C)C(N)=NO)CCC1. The zero-order valence-electron chi connectivity index (χ0n) is 12.1. The van der Waals surface area contributed by atoms with Crippen LogP contribution in [0.1, 0.15) is 59.3 Å². The molecule has 4 heteroatoms. The molecule has 0 amide bonds. The highest BCUT2D eigenvalue weighted by Gasteiger charge is 2.34. The Morgan fingerprint density at radius 2 is 2.11 bits per heavy atom. The van der Waals surface area contributed by atoms with E-state index in [2.05, 4.69) is 17.4 Å². The van der Waals surface area contributed by atoms with Crippen LogP contribution < -0.4 is 11.1 Å². The third-order valence-electron chi connectivity index (χ3n) is 4.62. The number of nitrogens with two attached hydrogens (primary N) is 1. The number of hydrogen-bond donors (Lipinski definition) is 3. The molecule has 0 heterocycles. The summed E-state index contributed by atoms with van der Waals surface area (Å²) in [7, 11) is 0. The second-order valence-corrected chi connectivity index (χ2v) is 6.36. The summed E-state index contributed by atoms with van der Waals surface area (Å²) in [5.41, 5.74) is 6.04. The minimum atomic E-state index is -0.213. The van der Waals surface area contributed by atoms with Crippen LogP contribution in [-0.2, 0) is 0 Å². The minimum absolute atomic E-state index is 0.213. The van der Waals surface area contributed by atoms with Gasteiger partial charge in [-0.05, 0) is 44.1 Å². The Balaban J connectivity index is 2.15. The molecule has 0 aliphatic heterocycles. The van der Waals surface area contributed by atoms with Crippen LogP contribution in [0.4, 0.5) is 0 Å². The Hall–Kier alpha value is -0.770. The van der Waals surface area contributed by atoms with E-state index in [4.69, 9.17) is 10.9 Å². The largest absolute Gasteiger partial charge is 0.409 e. The Morgan fingerprint density at radius 1 is 1.44 bits per heavy atom. The van der Waals surface area contributed by atoms with Crippen molar-refractivity contribution < 1.29 is 5.21 Å². The van der Waals surface area contributed by atoms with Crippen molar-refractivity contribution in [3.63, 3.8) is 0 Å². The van der Waals surface area contributed by atoms with Gasteiger partial charge in [0.05, 0.1) is 0 Å². The first-order valence-corrected chi connectivity index (χ1v) is 7.14. The van der Waals surface area contributed by atoms with Gasteiger partial charge in [0, 0.05) is 12.0 Å². The fourth-order valence-electron chi connectivity index (χ4n) is 2.60. The second-order valence-electron chi connectivity index (χ2n) is 6.36. The fourth-order valence-corrected chi connectivity index (χ4v) is 2.60. The topological polar surface area (TPSA) is 70.6 Å². The Labute approximate surface area is 111 Å². The maximum absolute atomic E-state index is 8.70. The first-order chi connectivity index (χ1) is 8.46. The summed E-state index contributed by atoms with van der Waals surface area (Å²) in [6.45, 7) is 8.49. The number of nitrogens with one attached hydrogen (secondary N) is 1. The predicted octanol–water partition coefficient (Wildman–Crippen LogP) is 2.71. The molecule has 0 atom stereocenters. The van der Waals surface area contributed by atoms with E-state index in [0.29, 0.717) is 11.3 Å². The van der Waals surface area contributed by atoms with Crippen LogP contribution in [0.3, 0.4) is 0 Å². The van der Waals surface area contributed by atoms with E-state index in [1.807, 2.05) is 13.8 Å². The summed E-state index contributed by atoms with van der Waals surface area (Å²) < 4.78 is 0. The molecule has 0 aromatic carbocycles. The Morgan fingerprint density at radius 3 is 2.56 bits per heavy atom. The summed E-state index contributed by atoms with van der Waals surface area (Å²) >= 11 is 0. The lowest BCUT2D eigenvalue weighted by Crippen LogP contribution is -2.40. The molecule has 106 valence electrons. The molecule has 0 aromatic rings. The van der Waals surface area contributed by atoms with Gasteiger partial charge in [0.15, 0.2) is 0 Å². The van der Waals surface area contributed by atoms with E-state index < -0.39 is 0 Å². The molecule has 0 unspecified atom stereocenters. The lowest BCUT2D eigenvalue weighted by atomic mass is 9.67. The van der Waals surface area contributed by atoms with Gasteiger partial charge >= 0.3 is 0 Å². The lowest BCUT2D eigenvalue weighted by molar-refractivity contribution is 0.124. The van der Waals surface area contributed by atoms with Gasteiger partial charge < -0.3 is 16.3 Å². The number of rotatable bonds is 8. The van der Waals surface area contributed by atoms with Crippen molar-refractivity contribution in [3.05, 3.63) is 0 Å². The van der Waals surface area contributed by atoms with E-state index >= 15 is 0 Å². The monoisotopic (exact) mass is 255 g/mol. The van der Waals surface area contributed by atoms with Crippen molar-refractivity contribution in [2.24, 2.45) is 21.7 Å². The maximum atomic E-state index is 8.70. The quantitative estimate of drug-likeness (QED) is 0.205. The number of amidine groups is 1. The van der Waals surface area contributed by atoms with E-state index in [-0.39, 0.29) is 5.41 Å². The highest BCUT2D eigenvalue weighted by Crippen LogP contribution is 2.43. The van der Waals surface area contributed by atoms with E-state index in [0.717, 1.165) is 25.9 Å². The van der Waals surface area contributed by atoms with Gasteiger partial charge in [-0.3, -0.25) is 0 Å². The standard InChI is InChI=1S/C14H29N3O/c1-4-14(8-5-9-14)11-16-10-6-7-13(2,3)12(15)17-18/h16,18H,4-11H2,1-3H3,(H2,15,17). The molecular weight excluding hydrogens is 226 g/mol. The van der Waals surface area contributed by atoms with E-state index in [9.17, 15) is 0 Å². The third-order valence-corrected chi connectivity index (χ3v) is 4.62. The summed E-state index contributed by atoms with van der Waals surface area (Å²) in [4.78, 5) is 0. The lowest BCUT2D eigenvalue weighted by Gasteiger charge is -2.41. The predicted molar refractivity (Wildman–Crippen MR) is 75.9 cm³/mol. The normalized spacial score (nSPS) is 19.6. The first kappa shape index (κ1) is 15.3. The first-order valence-electron chi connectivity index (χ1n) is 7.14. The van der Waals surface area contributed by atoms with Crippen molar-refractivity contribution in [2.75, 3.05) is 13.1 Å². The molecule has 0 saturated heterocycles. The molecule has 1 fully saturated rings. The summed E-state index contributed by atoms with van der Waals surface area (Å²) in [6.07, 6.45) is 7.44. The van der Waals surface area contributed by atoms with Gasteiger partial charge in [-0.25, -0.2) is 0 Å². The average molecular weight is 255 g/mol. The van der Waals surface area contributed by atoms with Crippen LogP contribution in [0.25, 0.3) is 0 Å². The molecule has 1 aliphatic carbocycles. The highest BCUT2D eigenvalue weighted by atomic mass is 16.4. The number of hydrogen-bond acceptors (Lipinski definition) is 3. The summed E-state index contributed by atoms with van der Waals surface area (Å²) in [5.74, 6) is 0.325. The second kappa shape index (κ2) is 6.41. The van der Waals surface area contributed by atoms with E-state index in [1.54, 1.807) is 0 Å². The molecule has 4 N–H and O–H groups in total. The highest BCUT2D eigenvalue weighted by molar-refractivity contribution is 5.85. The Kier molecular flexibility index (Phi) is 5.45. The molecular formula is C14H29N3O. The van der Waals surface area contributed by atoms with Crippen molar-refractivity contribution in [2.45, 2.75) is 59.3 Å². The molecule has 0 bridgehead atoms. The minimum Gasteiger partial charge on any atom is -0.409 e. The molecule has 4 nitrogen and oxygen atoms in total. The molecule has 18 heavy (non-hydrogen) atoms. The van der Waals surface area contributed by atoms with Crippen molar-refractivity contribution in [1.29, 1.82) is 0 Å². The molecule has 0 radical (unpaired) electrons. The van der Waals surface area contributed by atoms with Crippen LogP contribution in [0.5, 0.6) is 0 Å². The van der Waals surface area contributed by atoms with Crippen molar-refractivity contribution >= 4 is 5.84 Å². The van der Waals surface area contributed by atoms with Gasteiger partial charge in [-0.2, -0.15) is 0 Å². The summed E-state index contributed by atoms with van der Waals surface area (Å²) in [6, 6.07) is 0. The zero-order chi connectivity index (χ0) is 13.6. The van der Waals surface area contributed by atoms with Crippen molar-refractivity contribution in [1.82, 2.24) is 5.32 Å². The third kappa shape index (κ3) is 3.87. The molecule has 1 aliphatic rings. The van der Waals surface area contributed by atoms with Gasteiger partial charge in [0.25, 0.3) is 0 Å². The van der Waals surface area contributed by atoms with Crippen LogP contribution in [-0.4, -0.2) is 24.1 Å². The van der Waals surface area contributed by atoms with Gasteiger partial charge in [0.2, 0.25) is 0 Å². The molecule has 1 rings (SSSR count). The zero-order valence-corrected chi connectivity index (χ0v) is 12.1. The van der Waals surface area contributed by atoms with Gasteiger partial charge in [0.1, 0.15) is 5.84 Å². The number of oxime groups is 1. The van der Waals surface area contributed by atoms with Crippen LogP contribution in [0.2, 0.25) is 0 Å². The van der Waals surface area contributed by atoms with E-state index in [1.165, 1.54) is 25.7 Å². The molecule has 0 aromatic heterocycles. The van der Waals surface area contributed by atoms with Gasteiger partial charge in [-0.15, -0.1) is 0 Å².